The van der Waals surface area contributed by atoms with Crippen molar-refractivity contribution in [3.05, 3.63) is 65.7 Å². The smallest absolute Gasteiger partial charge is 0.304 e. The second-order valence-corrected chi connectivity index (χ2v) is 9.69. The van der Waals surface area contributed by atoms with Gasteiger partial charge in [-0.1, -0.05) is 49.4 Å². The zero-order valence-corrected chi connectivity index (χ0v) is 20.1. The van der Waals surface area contributed by atoms with Gasteiger partial charge in [-0.15, -0.1) is 0 Å². The van der Waals surface area contributed by atoms with Crippen LogP contribution in [0.5, 0.6) is 0 Å². The van der Waals surface area contributed by atoms with Crippen molar-refractivity contribution in [3.63, 3.8) is 0 Å². The fraction of sp³-hybridized carbons (Fsp3) is 0.391. The second kappa shape index (κ2) is 11.1. The van der Waals surface area contributed by atoms with Crippen LogP contribution in [-0.4, -0.2) is 63.2 Å². The van der Waals surface area contributed by atoms with E-state index in [1.807, 2.05) is 38.1 Å². The molecule has 174 valence electrons. The largest absolute Gasteiger partial charge is 0.357 e. The van der Waals surface area contributed by atoms with Gasteiger partial charge in [-0.05, 0) is 36.6 Å². The Morgan fingerprint density at radius 2 is 1.59 bits per heavy atom. The van der Waals surface area contributed by atoms with E-state index < -0.39 is 28.7 Å². The predicted molar refractivity (Wildman–Crippen MR) is 126 cm³/mol. The minimum absolute atomic E-state index is 0.197. The van der Waals surface area contributed by atoms with Crippen LogP contribution in [-0.2, 0) is 26.3 Å². The number of likely N-dealkylation sites (N-methyl/N-ethyl adjacent to an activating group) is 1. The molecule has 2 aromatic rings. The lowest BCUT2D eigenvalue weighted by Crippen LogP contribution is -2.53. The molecule has 9 heteroatoms. The first-order valence-electron chi connectivity index (χ1n) is 10.4. The highest BCUT2D eigenvalue weighted by Crippen LogP contribution is 2.21. The first-order chi connectivity index (χ1) is 15.1. The lowest BCUT2D eigenvalue weighted by Gasteiger charge is -2.34. The summed E-state index contributed by atoms with van der Waals surface area (Å²) in [5.74, 6) is -0.755. The van der Waals surface area contributed by atoms with Gasteiger partial charge in [0.15, 0.2) is 0 Å². The molecule has 0 heterocycles. The highest BCUT2D eigenvalue weighted by molar-refractivity contribution is 7.90. The Hall–Kier alpha value is -2.91. The van der Waals surface area contributed by atoms with Crippen LogP contribution in [0.15, 0.2) is 54.6 Å². The summed E-state index contributed by atoms with van der Waals surface area (Å²) in [5.41, 5.74) is 2.25. The number of hydrogen-bond donors (Lipinski definition) is 1. The van der Waals surface area contributed by atoms with Crippen molar-refractivity contribution in [3.8, 4) is 0 Å². The number of nitrogens with zero attached hydrogens (tertiary/aromatic N) is 3. The average molecular weight is 461 g/mol. The highest BCUT2D eigenvalue weighted by atomic mass is 32.2. The number of nitrogens with one attached hydrogen (secondary N) is 1. The number of para-hydroxylation sites is 1. The fourth-order valence-corrected chi connectivity index (χ4v) is 4.42. The standard InChI is InChI=1S/C23H32N4O4S/c1-6-21(23(29)24-3)26(16-19-13-11-10-12-18(19)2)22(28)17-27(32(30,31)25(4)5)20-14-8-7-9-15-20/h7-15,21H,6,16-17H2,1-5H3,(H,24,29). The number of carbonyl (C=O) groups is 2. The maximum atomic E-state index is 13.6. The number of amides is 2. The van der Waals surface area contributed by atoms with Crippen LogP contribution in [0, 0.1) is 6.92 Å². The molecule has 0 spiro atoms. The number of hydrogen-bond acceptors (Lipinski definition) is 4. The first-order valence-corrected chi connectivity index (χ1v) is 11.8. The van der Waals surface area contributed by atoms with E-state index in [2.05, 4.69) is 5.32 Å². The van der Waals surface area contributed by atoms with E-state index in [0.717, 1.165) is 19.7 Å². The molecule has 0 radical (unpaired) electrons. The van der Waals surface area contributed by atoms with Gasteiger partial charge in [-0.2, -0.15) is 12.7 Å². The molecule has 0 aliphatic heterocycles. The molecule has 0 aliphatic rings. The number of rotatable bonds is 10. The Morgan fingerprint density at radius 1 is 1.00 bits per heavy atom. The molecule has 1 unspecified atom stereocenters. The van der Waals surface area contributed by atoms with Crippen LogP contribution in [0.25, 0.3) is 0 Å². The minimum Gasteiger partial charge on any atom is -0.357 e. The van der Waals surface area contributed by atoms with Crippen molar-refractivity contribution in [2.75, 3.05) is 32.0 Å². The van der Waals surface area contributed by atoms with Gasteiger partial charge < -0.3 is 10.2 Å². The first kappa shape index (κ1) is 25.4. The van der Waals surface area contributed by atoms with E-state index >= 15 is 0 Å². The molecule has 1 N–H and O–H groups in total. The summed E-state index contributed by atoms with van der Waals surface area (Å²) < 4.78 is 28.2. The van der Waals surface area contributed by atoms with Crippen LogP contribution in [0.2, 0.25) is 0 Å². The van der Waals surface area contributed by atoms with E-state index in [1.165, 1.54) is 26.0 Å². The predicted octanol–water partition coefficient (Wildman–Crippen LogP) is 2.16. The van der Waals surface area contributed by atoms with Crippen LogP contribution in [0.1, 0.15) is 24.5 Å². The van der Waals surface area contributed by atoms with E-state index in [1.54, 1.807) is 30.3 Å². The van der Waals surface area contributed by atoms with Gasteiger partial charge in [0.2, 0.25) is 11.8 Å². The summed E-state index contributed by atoms with van der Waals surface area (Å²) in [6.45, 7) is 3.53. The fourth-order valence-electron chi connectivity index (χ4n) is 3.37. The Kier molecular flexibility index (Phi) is 8.80. The zero-order chi connectivity index (χ0) is 23.9. The summed E-state index contributed by atoms with van der Waals surface area (Å²) in [6, 6.07) is 15.3. The van der Waals surface area contributed by atoms with E-state index in [9.17, 15) is 18.0 Å². The van der Waals surface area contributed by atoms with E-state index in [0.29, 0.717) is 12.1 Å². The molecule has 32 heavy (non-hydrogen) atoms. The Labute approximate surface area is 191 Å². The number of benzene rings is 2. The average Bonchev–Trinajstić information content (AvgIpc) is 2.78. The number of carbonyl (C=O) groups excluding carboxylic acids is 2. The molecule has 0 saturated carbocycles. The lowest BCUT2D eigenvalue weighted by molar-refractivity contribution is -0.140. The van der Waals surface area contributed by atoms with Crippen molar-refractivity contribution in [2.45, 2.75) is 32.9 Å². The van der Waals surface area contributed by atoms with Crippen molar-refractivity contribution < 1.29 is 18.0 Å². The van der Waals surface area contributed by atoms with Crippen molar-refractivity contribution in [1.82, 2.24) is 14.5 Å². The molecular weight excluding hydrogens is 428 g/mol. The molecule has 0 bridgehead atoms. The van der Waals surface area contributed by atoms with Crippen LogP contribution < -0.4 is 9.62 Å². The third-order valence-electron chi connectivity index (χ3n) is 5.30. The summed E-state index contributed by atoms with van der Waals surface area (Å²) in [4.78, 5) is 27.6. The van der Waals surface area contributed by atoms with Crippen LogP contribution >= 0.6 is 0 Å². The molecule has 2 amide bonds. The summed E-state index contributed by atoms with van der Waals surface area (Å²) in [5, 5.41) is 2.61. The monoisotopic (exact) mass is 460 g/mol. The molecule has 2 rings (SSSR count). The van der Waals surface area contributed by atoms with E-state index in [4.69, 9.17) is 0 Å². The van der Waals surface area contributed by atoms with Crippen molar-refractivity contribution >= 4 is 27.7 Å². The van der Waals surface area contributed by atoms with Crippen LogP contribution in [0.4, 0.5) is 5.69 Å². The summed E-state index contributed by atoms with van der Waals surface area (Å²) in [7, 11) is 0.415. The van der Waals surface area contributed by atoms with Gasteiger partial charge in [0.1, 0.15) is 12.6 Å². The van der Waals surface area contributed by atoms with Gasteiger partial charge in [-0.25, -0.2) is 4.31 Å². The molecule has 0 aliphatic carbocycles. The number of anilines is 1. The second-order valence-electron chi connectivity index (χ2n) is 7.62. The lowest BCUT2D eigenvalue weighted by atomic mass is 10.1. The summed E-state index contributed by atoms with van der Waals surface area (Å²) in [6.07, 6.45) is 0.392. The minimum atomic E-state index is -3.94. The topological polar surface area (TPSA) is 90.0 Å². The Balaban J connectivity index is 2.48. The molecule has 2 aromatic carbocycles. The molecule has 8 nitrogen and oxygen atoms in total. The Bertz CT molecular complexity index is 1030. The zero-order valence-electron chi connectivity index (χ0n) is 19.3. The molecular formula is C23H32N4O4S. The molecule has 0 saturated heterocycles. The van der Waals surface area contributed by atoms with Gasteiger partial charge in [0.25, 0.3) is 0 Å². The third kappa shape index (κ3) is 5.86. The van der Waals surface area contributed by atoms with Gasteiger partial charge in [-0.3, -0.25) is 9.59 Å². The summed E-state index contributed by atoms with van der Waals surface area (Å²) >= 11 is 0. The maximum Gasteiger partial charge on any atom is 0.304 e. The highest BCUT2D eigenvalue weighted by Gasteiger charge is 2.33. The van der Waals surface area contributed by atoms with Gasteiger partial charge >= 0.3 is 10.2 Å². The van der Waals surface area contributed by atoms with Crippen molar-refractivity contribution in [2.24, 2.45) is 0 Å². The van der Waals surface area contributed by atoms with E-state index in [-0.39, 0.29) is 12.5 Å². The number of aryl methyl sites for hydroxylation is 1. The van der Waals surface area contributed by atoms with Gasteiger partial charge in [0, 0.05) is 27.7 Å². The molecule has 0 aromatic heterocycles. The van der Waals surface area contributed by atoms with Gasteiger partial charge in [0.05, 0.1) is 5.69 Å². The maximum absolute atomic E-state index is 13.6. The van der Waals surface area contributed by atoms with Crippen molar-refractivity contribution in [1.29, 1.82) is 0 Å². The Morgan fingerprint density at radius 3 is 2.12 bits per heavy atom. The molecule has 1 atom stereocenters. The quantitative estimate of drug-likeness (QED) is 0.588. The third-order valence-corrected chi connectivity index (χ3v) is 7.12. The molecule has 0 fully saturated rings. The van der Waals surface area contributed by atoms with Crippen LogP contribution in [0.3, 0.4) is 0 Å². The normalized spacial score (nSPS) is 12.3. The SMILES string of the molecule is CCC(C(=O)NC)N(Cc1ccccc1C)C(=O)CN(c1ccccc1)S(=O)(=O)N(C)C.